The molecule has 176 valence electrons. The molecular formula is C22H23Cl2N3O5S. The summed E-state index contributed by atoms with van der Waals surface area (Å²) < 4.78 is 33.9. The average Bonchev–Trinajstić information content (AvgIpc) is 3.10. The lowest BCUT2D eigenvalue weighted by atomic mass is 10.2. The zero-order valence-electron chi connectivity index (χ0n) is 17.7. The minimum Gasteiger partial charge on any atom is -0.379 e. The number of hydrogen-bond acceptors (Lipinski definition) is 6. The molecule has 2 saturated heterocycles. The minimum atomic E-state index is -4.24. The largest absolute Gasteiger partial charge is 0.379 e. The Hall–Kier alpha value is -2.01. The molecule has 0 bridgehead atoms. The van der Waals surface area contributed by atoms with Gasteiger partial charge in [-0.2, -0.15) is 4.31 Å². The van der Waals surface area contributed by atoms with Gasteiger partial charge < -0.3 is 4.74 Å². The quantitative estimate of drug-likeness (QED) is 0.531. The molecule has 33 heavy (non-hydrogen) atoms. The number of sulfonamides is 1. The monoisotopic (exact) mass is 511 g/mol. The Balaban J connectivity index is 1.68. The van der Waals surface area contributed by atoms with E-state index in [1.54, 1.807) is 30.3 Å². The number of para-hydroxylation sites is 1. The van der Waals surface area contributed by atoms with Gasteiger partial charge in [-0.3, -0.25) is 14.5 Å². The standard InChI is InChI=1S/C22H23Cl2N3O5S/c23-16-6-7-18(24)20(14-16)33(30,31)26(9-8-25-10-12-32-13-11-25)19-15-21(28)27(22(19)29)17-4-2-1-3-5-17/h1-7,14,19H,8-13,15H2. The van der Waals surface area contributed by atoms with Crippen LogP contribution in [-0.4, -0.2) is 74.9 Å². The maximum atomic E-state index is 13.7. The molecule has 2 amide bonds. The average molecular weight is 512 g/mol. The van der Waals surface area contributed by atoms with Crippen molar-refractivity contribution in [3.05, 3.63) is 58.6 Å². The number of halogens is 2. The molecule has 0 spiro atoms. The van der Waals surface area contributed by atoms with Crippen molar-refractivity contribution < 1.29 is 22.7 Å². The van der Waals surface area contributed by atoms with E-state index in [-0.39, 0.29) is 27.9 Å². The normalized spacial score (nSPS) is 20.1. The smallest absolute Gasteiger partial charge is 0.252 e. The van der Waals surface area contributed by atoms with E-state index >= 15 is 0 Å². The van der Waals surface area contributed by atoms with Crippen molar-refractivity contribution in [2.45, 2.75) is 17.4 Å². The first-order chi connectivity index (χ1) is 15.8. The summed E-state index contributed by atoms with van der Waals surface area (Å²) >= 11 is 12.3. The summed E-state index contributed by atoms with van der Waals surface area (Å²) in [5.74, 6) is -1.05. The molecule has 0 N–H and O–H groups in total. The molecule has 0 saturated carbocycles. The summed E-state index contributed by atoms with van der Waals surface area (Å²) in [7, 11) is -4.24. The first-order valence-corrected chi connectivity index (χ1v) is 12.7. The van der Waals surface area contributed by atoms with Gasteiger partial charge in [0.25, 0.3) is 5.91 Å². The second-order valence-electron chi connectivity index (χ2n) is 7.77. The van der Waals surface area contributed by atoms with E-state index in [1.807, 2.05) is 0 Å². The highest BCUT2D eigenvalue weighted by Crippen LogP contribution is 2.32. The van der Waals surface area contributed by atoms with E-state index < -0.39 is 27.9 Å². The van der Waals surface area contributed by atoms with Gasteiger partial charge in [0.2, 0.25) is 15.9 Å². The molecule has 11 heteroatoms. The number of carbonyl (C=O) groups is 2. The molecule has 8 nitrogen and oxygen atoms in total. The van der Waals surface area contributed by atoms with Crippen molar-refractivity contribution in [1.82, 2.24) is 9.21 Å². The fourth-order valence-corrected chi connectivity index (χ4v) is 6.31. The minimum absolute atomic E-state index is 0.00698. The maximum absolute atomic E-state index is 13.7. The summed E-state index contributed by atoms with van der Waals surface area (Å²) in [5, 5.41) is 0.193. The molecule has 1 atom stereocenters. The third-order valence-corrected chi connectivity index (χ3v) is 8.33. The zero-order valence-corrected chi connectivity index (χ0v) is 20.0. The van der Waals surface area contributed by atoms with Gasteiger partial charge in [-0.1, -0.05) is 41.4 Å². The van der Waals surface area contributed by atoms with E-state index in [4.69, 9.17) is 27.9 Å². The number of imide groups is 1. The lowest BCUT2D eigenvalue weighted by Gasteiger charge is -2.31. The van der Waals surface area contributed by atoms with Gasteiger partial charge in [0.15, 0.2) is 0 Å². The van der Waals surface area contributed by atoms with E-state index in [0.29, 0.717) is 38.5 Å². The van der Waals surface area contributed by atoms with Crippen LogP contribution in [0.1, 0.15) is 6.42 Å². The molecule has 0 aliphatic carbocycles. The van der Waals surface area contributed by atoms with Crippen LogP contribution in [-0.2, 0) is 24.3 Å². The molecule has 0 radical (unpaired) electrons. The molecule has 2 fully saturated rings. The van der Waals surface area contributed by atoms with Crippen LogP contribution in [0.5, 0.6) is 0 Å². The summed E-state index contributed by atoms with van der Waals surface area (Å²) in [6.07, 6.45) is -0.256. The van der Waals surface area contributed by atoms with Gasteiger partial charge in [-0.15, -0.1) is 0 Å². The Morgan fingerprint density at radius 2 is 1.73 bits per heavy atom. The highest BCUT2D eigenvalue weighted by atomic mass is 35.5. The number of amides is 2. The Kier molecular flexibility index (Phi) is 7.37. The summed E-state index contributed by atoms with van der Waals surface area (Å²) in [6.45, 7) is 2.80. The topological polar surface area (TPSA) is 87.2 Å². The van der Waals surface area contributed by atoms with Gasteiger partial charge in [0, 0.05) is 31.2 Å². The summed E-state index contributed by atoms with van der Waals surface area (Å²) in [6, 6.07) is 11.4. The molecular weight excluding hydrogens is 489 g/mol. The van der Waals surface area contributed by atoms with Crippen LogP contribution < -0.4 is 4.90 Å². The predicted molar refractivity (Wildman–Crippen MR) is 125 cm³/mol. The van der Waals surface area contributed by atoms with Crippen molar-refractivity contribution in [2.75, 3.05) is 44.3 Å². The Labute approximate surface area is 202 Å². The molecule has 1 unspecified atom stereocenters. The van der Waals surface area contributed by atoms with Crippen molar-refractivity contribution >= 4 is 50.7 Å². The first kappa shape index (κ1) is 24.1. The molecule has 0 aromatic heterocycles. The van der Waals surface area contributed by atoms with E-state index in [2.05, 4.69) is 4.90 Å². The van der Waals surface area contributed by atoms with Crippen molar-refractivity contribution in [2.24, 2.45) is 0 Å². The number of hydrogen-bond donors (Lipinski definition) is 0. The fraction of sp³-hybridized carbons (Fsp3) is 0.364. The number of benzene rings is 2. The summed E-state index contributed by atoms with van der Waals surface area (Å²) in [4.78, 5) is 29.0. The third-order valence-electron chi connectivity index (χ3n) is 5.71. The SMILES string of the molecule is O=C1CC(N(CCN2CCOCC2)S(=O)(=O)c2cc(Cl)ccc2Cl)C(=O)N1c1ccccc1. The van der Waals surface area contributed by atoms with Crippen LogP contribution in [0.4, 0.5) is 5.69 Å². The Morgan fingerprint density at radius 3 is 2.42 bits per heavy atom. The summed E-state index contributed by atoms with van der Waals surface area (Å²) in [5.41, 5.74) is 0.404. The lowest BCUT2D eigenvalue weighted by Crippen LogP contribution is -2.49. The van der Waals surface area contributed by atoms with Gasteiger partial charge in [-0.05, 0) is 30.3 Å². The fourth-order valence-electron chi connectivity index (χ4n) is 4.00. The Morgan fingerprint density at radius 1 is 1.03 bits per heavy atom. The van der Waals surface area contributed by atoms with E-state index in [1.165, 1.54) is 18.2 Å². The second-order valence-corrected chi connectivity index (χ2v) is 10.5. The Bertz CT molecular complexity index is 1140. The molecule has 2 aromatic rings. The molecule has 2 aromatic carbocycles. The van der Waals surface area contributed by atoms with Gasteiger partial charge in [-0.25, -0.2) is 13.3 Å². The lowest BCUT2D eigenvalue weighted by molar-refractivity contribution is -0.122. The molecule has 2 aliphatic heterocycles. The highest BCUT2D eigenvalue weighted by Gasteiger charge is 2.47. The predicted octanol–water partition coefficient (Wildman–Crippen LogP) is 2.65. The number of nitrogens with zero attached hydrogens (tertiary/aromatic N) is 3. The van der Waals surface area contributed by atoms with Crippen LogP contribution in [0.25, 0.3) is 0 Å². The number of carbonyl (C=O) groups excluding carboxylic acids is 2. The number of rotatable bonds is 7. The van der Waals surface area contributed by atoms with Crippen LogP contribution >= 0.6 is 23.2 Å². The van der Waals surface area contributed by atoms with Crippen LogP contribution in [0.15, 0.2) is 53.4 Å². The van der Waals surface area contributed by atoms with Crippen molar-refractivity contribution in [3.8, 4) is 0 Å². The van der Waals surface area contributed by atoms with Gasteiger partial charge in [0.1, 0.15) is 10.9 Å². The molecule has 2 aliphatic rings. The molecule has 4 rings (SSSR count). The number of morpholine rings is 1. The van der Waals surface area contributed by atoms with Gasteiger partial charge in [0.05, 0.1) is 30.3 Å². The van der Waals surface area contributed by atoms with Crippen molar-refractivity contribution in [3.63, 3.8) is 0 Å². The zero-order chi connectivity index (χ0) is 23.6. The van der Waals surface area contributed by atoms with Crippen LogP contribution in [0.2, 0.25) is 10.0 Å². The first-order valence-electron chi connectivity index (χ1n) is 10.5. The van der Waals surface area contributed by atoms with E-state index in [9.17, 15) is 18.0 Å². The maximum Gasteiger partial charge on any atom is 0.252 e. The van der Waals surface area contributed by atoms with Crippen LogP contribution in [0, 0.1) is 0 Å². The second kappa shape index (κ2) is 10.1. The number of ether oxygens (including phenoxy) is 1. The molecule has 2 heterocycles. The highest BCUT2D eigenvalue weighted by molar-refractivity contribution is 7.89. The van der Waals surface area contributed by atoms with Crippen molar-refractivity contribution in [1.29, 1.82) is 0 Å². The number of anilines is 1. The third kappa shape index (κ3) is 5.08. The van der Waals surface area contributed by atoms with Gasteiger partial charge >= 0.3 is 0 Å². The van der Waals surface area contributed by atoms with Crippen LogP contribution in [0.3, 0.4) is 0 Å². The van der Waals surface area contributed by atoms with E-state index in [0.717, 1.165) is 9.21 Å².